The molecule has 3 rings (SSSR count). The number of methoxy groups -OCH3 is 1. The molecule has 0 saturated carbocycles. The lowest BCUT2D eigenvalue weighted by Gasteiger charge is -2.40. The van der Waals surface area contributed by atoms with E-state index < -0.39 is 15.1 Å². The maximum absolute atomic E-state index is 12.6. The van der Waals surface area contributed by atoms with Crippen molar-refractivity contribution in [2.75, 3.05) is 13.7 Å². The molecule has 1 aliphatic rings. The van der Waals surface area contributed by atoms with Crippen LogP contribution in [0.25, 0.3) is 0 Å². The van der Waals surface area contributed by atoms with Crippen molar-refractivity contribution in [3.63, 3.8) is 0 Å². The summed E-state index contributed by atoms with van der Waals surface area (Å²) in [4.78, 5) is 2.68. The van der Waals surface area contributed by atoms with E-state index in [4.69, 9.17) is 10.5 Å². The summed E-state index contributed by atoms with van der Waals surface area (Å²) in [5.74, 6) is 0.702. The molecular formula is C22H30N2O3S. The summed E-state index contributed by atoms with van der Waals surface area (Å²) < 4.78 is 30.8. The molecule has 2 atom stereocenters. The van der Waals surface area contributed by atoms with E-state index in [1.807, 2.05) is 18.2 Å². The lowest BCUT2D eigenvalue weighted by Crippen LogP contribution is -2.45. The zero-order chi connectivity index (χ0) is 20.3. The number of sulfone groups is 1. The van der Waals surface area contributed by atoms with Crippen LogP contribution in [0.4, 0.5) is 0 Å². The molecule has 0 bridgehead atoms. The predicted octanol–water partition coefficient (Wildman–Crippen LogP) is 3.54. The lowest BCUT2D eigenvalue weighted by molar-refractivity contribution is 0.119. The van der Waals surface area contributed by atoms with Crippen LogP contribution in [0, 0.1) is 0 Å². The van der Waals surface area contributed by atoms with Crippen molar-refractivity contribution in [1.82, 2.24) is 4.90 Å². The van der Waals surface area contributed by atoms with Crippen LogP contribution in [-0.2, 0) is 16.4 Å². The first kappa shape index (κ1) is 20.8. The molecule has 0 aliphatic carbocycles. The average Bonchev–Trinajstić information content (AvgIpc) is 2.68. The van der Waals surface area contributed by atoms with Gasteiger partial charge in [0.25, 0.3) is 0 Å². The van der Waals surface area contributed by atoms with Crippen LogP contribution in [-0.4, -0.2) is 38.3 Å². The monoisotopic (exact) mass is 402 g/mol. The summed E-state index contributed by atoms with van der Waals surface area (Å²) in [6.45, 7) is 4.91. The third-order valence-electron chi connectivity index (χ3n) is 5.50. The average molecular weight is 403 g/mol. The summed E-state index contributed by atoms with van der Waals surface area (Å²) in [6.07, 6.45) is 2.01. The highest BCUT2D eigenvalue weighted by Crippen LogP contribution is 2.34. The quantitative estimate of drug-likeness (QED) is 0.800. The Labute approximate surface area is 168 Å². The number of likely N-dealkylation sites (tertiary alicyclic amines) is 1. The Kier molecular flexibility index (Phi) is 6.43. The Hall–Kier alpha value is -1.89. The fraction of sp³-hybridized carbons (Fsp3) is 0.455. The number of piperidine rings is 1. The Balaban J connectivity index is 1.96. The number of benzene rings is 2. The van der Waals surface area contributed by atoms with Gasteiger partial charge in [-0.05, 0) is 57.0 Å². The van der Waals surface area contributed by atoms with Gasteiger partial charge < -0.3 is 10.5 Å². The Bertz CT molecular complexity index is 897. The minimum Gasteiger partial charge on any atom is -0.496 e. The molecule has 152 valence electrons. The standard InChI is InChI=1S/C22H30N2O3S/c1-16(2)28(25,26)19-11-12-21(27-3)18(14-19)15-24-13-7-10-20(23)22(24)17-8-5-4-6-9-17/h4-6,8-9,11-12,14,16,20,22H,7,10,13,15,23H2,1-3H3. The molecule has 0 aromatic heterocycles. The zero-order valence-electron chi connectivity index (χ0n) is 16.8. The fourth-order valence-electron chi connectivity index (χ4n) is 3.93. The van der Waals surface area contributed by atoms with Crippen molar-refractivity contribution in [3.05, 3.63) is 59.7 Å². The van der Waals surface area contributed by atoms with Gasteiger partial charge in [-0.3, -0.25) is 4.90 Å². The highest BCUT2D eigenvalue weighted by atomic mass is 32.2. The first-order valence-corrected chi connectivity index (χ1v) is 11.3. The number of ether oxygens (including phenoxy) is 1. The van der Waals surface area contributed by atoms with Gasteiger partial charge in [0.05, 0.1) is 23.3 Å². The summed E-state index contributed by atoms with van der Waals surface area (Å²) >= 11 is 0. The largest absolute Gasteiger partial charge is 0.496 e. The highest BCUT2D eigenvalue weighted by Gasteiger charge is 2.31. The van der Waals surface area contributed by atoms with Gasteiger partial charge in [0.15, 0.2) is 9.84 Å². The molecule has 0 radical (unpaired) electrons. The molecule has 0 amide bonds. The topological polar surface area (TPSA) is 72.6 Å². The van der Waals surface area contributed by atoms with E-state index in [1.165, 1.54) is 5.56 Å². The van der Waals surface area contributed by atoms with Crippen molar-refractivity contribution < 1.29 is 13.2 Å². The van der Waals surface area contributed by atoms with Gasteiger partial charge in [-0.25, -0.2) is 8.42 Å². The van der Waals surface area contributed by atoms with E-state index in [9.17, 15) is 8.42 Å². The number of nitrogens with two attached hydrogens (primary N) is 1. The van der Waals surface area contributed by atoms with Crippen molar-refractivity contribution >= 4 is 9.84 Å². The van der Waals surface area contributed by atoms with Gasteiger partial charge in [-0.15, -0.1) is 0 Å². The molecule has 2 unspecified atom stereocenters. The lowest BCUT2D eigenvalue weighted by atomic mass is 9.90. The Morgan fingerprint density at radius 1 is 1.18 bits per heavy atom. The number of rotatable bonds is 6. The molecule has 1 heterocycles. The van der Waals surface area contributed by atoms with Crippen molar-refractivity contribution in [3.8, 4) is 5.75 Å². The third kappa shape index (κ3) is 4.24. The van der Waals surface area contributed by atoms with E-state index >= 15 is 0 Å². The second kappa shape index (κ2) is 8.64. The SMILES string of the molecule is COc1ccc(S(=O)(=O)C(C)C)cc1CN1CCCC(N)C1c1ccccc1. The minimum absolute atomic E-state index is 0.0460. The van der Waals surface area contributed by atoms with Crippen LogP contribution in [0.15, 0.2) is 53.4 Å². The summed E-state index contributed by atoms with van der Waals surface area (Å²) in [6, 6.07) is 15.6. The Morgan fingerprint density at radius 2 is 1.89 bits per heavy atom. The second-order valence-electron chi connectivity index (χ2n) is 7.70. The molecule has 1 saturated heterocycles. The number of hydrogen-bond acceptors (Lipinski definition) is 5. The zero-order valence-corrected chi connectivity index (χ0v) is 17.7. The Morgan fingerprint density at radius 3 is 2.54 bits per heavy atom. The van der Waals surface area contributed by atoms with Gasteiger partial charge in [-0.2, -0.15) is 0 Å². The van der Waals surface area contributed by atoms with E-state index in [1.54, 1.807) is 39.2 Å². The van der Waals surface area contributed by atoms with Gasteiger partial charge in [0.1, 0.15) is 5.75 Å². The molecular weight excluding hydrogens is 372 g/mol. The van der Waals surface area contributed by atoms with Gasteiger partial charge in [-0.1, -0.05) is 30.3 Å². The molecule has 2 N–H and O–H groups in total. The van der Waals surface area contributed by atoms with Gasteiger partial charge in [0, 0.05) is 18.2 Å². The predicted molar refractivity (Wildman–Crippen MR) is 112 cm³/mol. The van der Waals surface area contributed by atoms with Gasteiger partial charge in [0.2, 0.25) is 0 Å². The first-order chi connectivity index (χ1) is 13.3. The van der Waals surface area contributed by atoms with Crippen molar-refractivity contribution in [1.29, 1.82) is 0 Å². The summed E-state index contributed by atoms with van der Waals surface area (Å²) in [5, 5.41) is -0.464. The van der Waals surface area contributed by atoms with E-state index in [-0.39, 0.29) is 12.1 Å². The number of hydrogen-bond donors (Lipinski definition) is 1. The maximum atomic E-state index is 12.6. The normalized spacial score (nSPS) is 21.0. The van der Waals surface area contributed by atoms with Gasteiger partial charge >= 0.3 is 0 Å². The molecule has 1 aliphatic heterocycles. The van der Waals surface area contributed by atoms with Crippen LogP contribution in [0.5, 0.6) is 5.75 Å². The van der Waals surface area contributed by atoms with Crippen LogP contribution in [0.3, 0.4) is 0 Å². The van der Waals surface area contributed by atoms with E-state index in [0.29, 0.717) is 17.2 Å². The molecule has 28 heavy (non-hydrogen) atoms. The summed E-state index contributed by atoms with van der Waals surface area (Å²) in [5.41, 5.74) is 8.56. The smallest absolute Gasteiger partial charge is 0.180 e. The van der Waals surface area contributed by atoms with E-state index in [0.717, 1.165) is 24.9 Å². The molecule has 2 aromatic rings. The van der Waals surface area contributed by atoms with E-state index in [2.05, 4.69) is 17.0 Å². The van der Waals surface area contributed by atoms with Crippen LogP contribution in [0.2, 0.25) is 0 Å². The fourth-order valence-corrected chi connectivity index (χ4v) is 5.04. The third-order valence-corrected chi connectivity index (χ3v) is 7.65. The van der Waals surface area contributed by atoms with Crippen LogP contribution >= 0.6 is 0 Å². The molecule has 1 fully saturated rings. The van der Waals surface area contributed by atoms with Crippen molar-refractivity contribution in [2.45, 2.75) is 55.5 Å². The molecule has 5 nitrogen and oxygen atoms in total. The van der Waals surface area contributed by atoms with Crippen LogP contribution < -0.4 is 10.5 Å². The molecule has 0 spiro atoms. The molecule has 6 heteroatoms. The second-order valence-corrected chi connectivity index (χ2v) is 10.2. The van der Waals surface area contributed by atoms with Crippen molar-refractivity contribution in [2.24, 2.45) is 5.73 Å². The van der Waals surface area contributed by atoms with Crippen LogP contribution in [0.1, 0.15) is 43.9 Å². The summed E-state index contributed by atoms with van der Waals surface area (Å²) in [7, 11) is -1.72. The highest BCUT2D eigenvalue weighted by molar-refractivity contribution is 7.92. The minimum atomic E-state index is -3.34. The maximum Gasteiger partial charge on any atom is 0.180 e. The first-order valence-electron chi connectivity index (χ1n) is 9.80. The number of nitrogens with zero attached hydrogens (tertiary/aromatic N) is 1. The molecule has 2 aromatic carbocycles.